The van der Waals surface area contributed by atoms with E-state index in [4.69, 9.17) is 0 Å². The van der Waals surface area contributed by atoms with E-state index >= 15 is 0 Å². The maximum atomic E-state index is 11.2. The summed E-state index contributed by atoms with van der Waals surface area (Å²) in [7, 11) is -2.77. The molecule has 1 unspecified atom stereocenters. The van der Waals surface area contributed by atoms with Crippen LogP contribution in [0.1, 0.15) is 17.1 Å². The second-order valence-electron chi connectivity index (χ2n) is 3.84. The molecule has 0 bridgehead atoms. The number of aromatic nitrogens is 1. The van der Waals surface area contributed by atoms with Crippen molar-refractivity contribution in [3.05, 3.63) is 16.1 Å². The molecule has 0 amide bonds. The van der Waals surface area contributed by atoms with Gasteiger partial charge in [0.1, 0.15) is 0 Å². The zero-order valence-corrected chi connectivity index (χ0v) is 10.2. The molecule has 1 atom stereocenters. The molecule has 2 heterocycles. The summed E-state index contributed by atoms with van der Waals surface area (Å²) in [6.45, 7) is 2.64. The fraction of sp³-hybridized carbons (Fsp3) is 0.667. The van der Waals surface area contributed by atoms with Crippen LogP contribution >= 0.6 is 11.3 Å². The number of aryl methyl sites for hydroxylation is 1. The molecule has 0 saturated carbocycles. The summed E-state index contributed by atoms with van der Waals surface area (Å²) >= 11 is 1.62. The summed E-state index contributed by atoms with van der Waals surface area (Å²) in [5.74, 6) is 0.594. The normalized spacial score (nSPS) is 24.5. The van der Waals surface area contributed by atoms with Crippen molar-refractivity contribution >= 4 is 21.2 Å². The van der Waals surface area contributed by atoms with E-state index in [-0.39, 0.29) is 11.8 Å². The third kappa shape index (κ3) is 2.99. The summed E-state index contributed by atoms with van der Waals surface area (Å²) in [6.07, 6.45) is 0.728. The van der Waals surface area contributed by atoms with Gasteiger partial charge in [-0.15, -0.1) is 11.3 Å². The van der Waals surface area contributed by atoms with Crippen LogP contribution in [0.15, 0.2) is 5.38 Å². The highest BCUT2D eigenvalue weighted by molar-refractivity contribution is 7.91. The van der Waals surface area contributed by atoms with Gasteiger partial charge in [0.15, 0.2) is 9.84 Å². The van der Waals surface area contributed by atoms with Crippen molar-refractivity contribution in [2.24, 2.45) is 0 Å². The molecule has 1 aliphatic heterocycles. The second kappa shape index (κ2) is 4.19. The van der Waals surface area contributed by atoms with E-state index in [2.05, 4.69) is 10.3 Å². The Kier molecular flexibility index (Phi) is 3.08. The third-order valence-electron chi connectivity index (χ3n) is 2.47. The Bertz CT molecular complexity index is 439. The molecule has 1 saturated heterocycles. The Morgan fingerprint density at radius 2 is 2.47 bits per heavy atom. The summed E-state index contributed by atoms with van der Waals surface area (Å²) in [5.41, 5.74) is 1.00. The monoisotopic (exact) mass is 246 g/mol. The molecule has 0 aliphatic carbocycles. The van der Waals surface area contributed by atoms with Crippen LogP contribution in [0.2, 0.25) is 0 Å². The van der Waals surface area contributed by atoms with Gasteiger partial charge in [0.05, 0.1) is 22.2 Å². The lowest BCUT2D eigenvalue weighted by Gasteiger charge is -2.08. The highest BCUT2D eigenvalue weighted by atomic mass is 32.2. The maximum Gasteiger partial charge on any atom is 0.151 e. The minimum atomic E-state index is -2.77. The van der Waals surface area contributed by atoms with Crippen LogP contribution in [0, 0.1) is 6.92 Å². The molecule has 0 aromatic carbocycles. The predicted molar refractivity (Wildman–Crippen MR) is 60.7 cm³/mol. The number of hydrogen-bond donors (Lipinski definition) is 1. The number of nitrogens with one attached hydrogen (secondary N) is 1. The van der Waals surface area contributed by atoms with Gasteiger partial charge < -0.3 is 5.32 Å². The molecule has 1 fully saturated rings. The van der Waals surface area contributed by atoms with E-state index < -0.39 is 9.84 Å². The largest absolute Gasteiger partial charge is 0.307 e. The minimum Gasteiger partial charge on any atom is -0.307 e. The maximum absolute atomic E-state index is 11.2. The topological polar surface area (TPSA) is 59.1 Å². The Labute approximate surface area is 93.7 Å². The molecule has 0 radical (unpaired) electrons. The van der Waals surface area contributed by atoms with Crippen LogP contribution in [0.3, 0.4) is 0 Å². The molecular weight excluding hydrogens is 232 g/mol. The molecule has 1 N–H and O–H groups in total. The zero-order chi connectivity index (χ0) is 10.9. The third-order valence-corrected chi connectivity index (χ3v) is 5.06. The van der Waals surface area contributed by atoms with Crippen molar-refractivity contribution in [1.29, 1.82) is 0 Å². The van der Waals surface area contributed by atoms with Crippen LogP contribution in [0.25, 0.3) is 0 Å². The van der Waals surface area contributed by atoms with Crippen molar-refractivity contribution in [2.45, 2.75) is 25.9 Å². The molecule has 1 aliphatic rings. The fourth-order valence-electron chi connectivity index (χ4n) is 1.69. The van der Waals surface area contributed by atoms with Crippen molar-refractivity contribution in [2.75, 3.05) is 11.5 Å². The van der Waals surface area contributed by atoms with Gasteiger partial charge in [-0.25, -0.2) is 13.4 Å². The predicted octanol–water partition coefficient (Wildman–Crippen LogP) is 0.728. The standard InChI is InChI=1S/C9H14N2O2S2/c1-7-11-9(5-14-7)4-10-8-2-3-15(12,13)6-8/h5,8,10H,2-4,6H2,1H3. The molecule has 1 aromatic heterocycles. The van der Waals surface area contributed by atoms with E-state index in [1.165, 1.54) is 0 Å². The molecule has 1 aromatic rings. The Morgan fingerprint density at radius 1 is 1.67 bits per heavy atom. The van der Waals surface area contributed by atoms with Crippen LogP contribution in [-0.2, 0) is 16.4 Å². The van der Waals surface area contributed by atoms with Crippen molar-refractivity contribution in [1.82, 2.24) is 10.3 Å². The van der Waals surface area contributed by atoms with Gasteiger partial charge in [-0.2, -0.15) is 0 Å². The first kappa shape index (κ1) is 11.0. The van der Waals surface area contributed by atoms with E-state index in [0.717, 1.165) is 17.1 Å². The van der Waals surface area contributed by atoms with Gasteiger partial charge in [-0.1, -0.05) is 0 Å². The molecule has 4 nitrogen and oxygen atoms in total. The number of sulfone groups is 1. The van der Waals surface area contributed by atoms with E-state index in [1.54, 1.807) is 11.3 Å². The summed E-state index contributed by atoms with van der Waals surface area (Å²) in [6, 6.07) is 0.108. The van der Waals surface area contributed by atoms with Crippen LogP contribution < -0.4 is 5.32 Å². The van der Waals surface area contributed by atoms with Crippen LogP contribution in [0.4, 0.5) is 0 Å². The van der Waals surface area contributed by atoms with Crippen molar-refractivity contribution in [3.63, 3.8) is 0 Å². The number of rotatable bonds is 3. The first-order valence-corrected chi connectivity index (χ1v) is 7.60. The first-order chi connectivity index (χ1) is 7.05. The van der Waals surface area contributed by atoms with E-state index in [9.17, 15) is 8.42 Å². The minimum absolute atomic E-state index is 0.108. The highest BCUT2D eigenvalue weighted by Gasteiger charge is 2.27. The van der Waals surface area contributed by atoms with Gasteiger partial charge in [0, 0.05) is 18.0 Å². The van der Waals surface area contributed by atoms with E-state index in [1.807, 2.05) is 12.3 Å². The Hall–Kier alpha value is -0.460. The average Bonchev–Trinajstić information content (AvgIpc) is 2.69. The first-order valence-electron chi connectivity index (χ1n) is 4.90. The lowest BCUT2D eigenvalue weighted by molar-refractivity contribution is 0.549. The van der Waals surface area contributed by atoms with Gasteiger partial charge in [0.25, 0.3) is 0 Å². The SMILES string of the molecule is Cc1nc(CNC2CCS(=O)(=O)C2)cs1. The second-order valence-corrected chi connectivity index (χ2v) is 7.13. The average molecular weight is 246 g/mol. The molecule has 6 heteroatoms. The lowest BCUT2D eigenvalue weighted by Crippen LogP contribution is -2.29. The number of nitrogens with zero attached hydrogens (tertiary/aromatic N) is 1. The van der Waals surface area contributed by atoms with E-state index in [0.29, 0.717) is 12.3 Å². The number of hydrogen-bond acceptors (Lipinski definition) is 5. The molecular formula is C9H14N2O2S2. The van der Waals surface area contributed by atoms with Crippen LogP contribution in [-0.4, -0.2) is 30.9 Å². The summed E-state index contributed by atoms with van der Waals surface area (Å²) in [4.78, 5) is 4.31. The fourth-order valence-corrected chi connectivity index (χ4v) is 4.01. The highest BCUT2D eigenvalue weighted by Crippen LogP contribution is 2.13. The van der Waals surface area contributed by atoms with Gasteiger partial charge in [-0.3, -0.25) is 0 Å². The van der Waals surface area contributed by atoms with Gasteiger partial charge in [-0.05, 0) is 13.3 Å². The molecule has 0 spiro atoms. The van der Waals surface area contributed by atoms with Crippen molar-refractivity contribution in [3.8, 4) is 0 Å². The molecule has 15 heavy (non-hydrogen) atoms. The van der Waals surface area contributed by atoms with Crippen LogP contribution in [0.5, 0.6) is 0 Å². The quantitative estimate of drug-likeness (QED) is 0.854. The summed E-state index contributed by atoms with van der Waals surface area (Å²) in [5, 5.41) is 6.28. The lowest BCUT2D eigenvalue weighted by atomic mass is 10.2. The number of thiazole rings is 1. The Balaban J connectivity index is 1.85. The summed E-state index contributed by atoms with van der Waals surface area (Å²) < 4.78 is 22.4. The zero-order valence-electron chi connectivity index (χ0n) is 8.56. The molecule has 84 valence electrons. The van der Waals surface area contributed by atoms with Gasteiger partial charge in [0.2, 0.25) is 0 Å². The smallest absolute Gasteiger partial charge is 0.151 e. The Morgan fingerprint density at radius 3 is 3.00 bits per heavy atom. The van der Waals surface area contributed by atoms with Gasteiger partial charge >= 0.3 is 0 Å². The van der Waals surface area contributed by atoms with Crippen molar-refractivity contribution < 1.29 is 8.42 Å². The molecule has 2 rings (SSSR count).